The molecular weight excluding hydrogens is 456 g/mol. The van der Waals surface area contributed by atoms with Crippen LogP contribution in [-0.4, -0.2) is 35.2 Å². The second-order valence-electron chi connectivity index (χ2n) is 7.58. The van der Waals surface area contributed by atoms with E-state index >= 15 is 0 Å². The molecule has 2 N–H and O–H groups in total. The zero-order valence-corrected chi connectivity index (χ0v) is 20.3. The fraction of sp³-hybridized carbons (Fsp3) is 0.240. The van der Waals surface area contributed by atoms with Crippen molar-refractivity contribution in [2.45, 2.75) is 24.8 Å². The summed E-state index contributed by atoms with van der Waals surface area (Å²) in [4.78, 5) is 12.4. The average Bonchev–Trinajstić information content (AvgIpc) is 2.83. The number of amides is 1. The standard InChI is InChI=1S/C25H28N2O6S/c1-17-7-5-6-8-22(17)27-34(29,30)21-12-10-20(11-13-21)33-16-25(28)26-18(2)19-9-14-23(31-3)24(15-19)32-4/h5-15,18,27H,16H2,1-4H3,(H,26,28). The Bertz CT molecular complexity index is 1240. The summed E-state index contributed by atoms with van der Waals surface area (Å²) < 4.78 is 43.9. The number of sulfonamides is 1. The van der Waals surface area contributed by atoms with Gasteiger partial charge in [0.05, 0.1) is 30.8 Å². The SMILES string of the molecule is COc1ccc(C(C)NC(=O)COc2ccc(S(=O)(=O)Nc3ccccc3C)cc2)cc1OC. The minimum Gasteiger partial charge on any atom is -0.493 e. The number of carbonyl (C=O) groups excluding carboxylic acids is 1. The van der Waals surface area contributed by atoms with Crippen molar-refractivity contribution in [2.24, 2.45) is 0 Å². The van der Waals surface area contributed by atoms with E-state index < -0.39 is 10.0 Å². The van der Waals surface area contributed by atoms with Crippen molar-refractivity contribution in [3.63, 3.8) is 0 Å². The van der Waals surface area contributed by atoms with Crippen molar-refractivity contribution >= 4 is 21.6 Å². The van der Waals surface area contributed by atoms with Crippen LogP contribution in [-0.2, 0) is 14.8 Å². The van der Waals surface area contributed by atoms with E-state index in [-0.39, 0.29) is 23.5 Å². The zero-order chi connectivity index (χ0) is 24.7. The normalized spacial score (nSPS) is 11.9. The Balaban J connectivity index is 1.56. The number of para-hydroxylation sites is 1. The molecule has 9 heteroatoms. The maximum absolute atomic E-state index is 12.6. The van der Waals surface area contributed by atoms with E-state index in [0.29, 0.717) is 22.9 Å². The number of nitrogens with one attached hydrogen (secondary N) is 2. The van der Waals surface area contributed by atoms with Crippen molar-refractivity contribution in [1.29, 1.82) is 0 Å². The summed E-state index contributed by atoms with van der Waals surface area (Å²) in [5, 5.41) is 2.86. The molecule has 8 nitrogen and oxygen atoms in total. The number of rotatable bonds is 10. The van der Waals surface area contributed by atoms with Crippen molar-refractivity contribution in [3.05, 3.63) is 77.9 Å². The van der Waals surface area contributed by atoms with E-state index in [1.165, 1.54) is 24.3 Å². The molecule has 34 heavy (non-hydrogen) atoms. The van der Waals surface area contributed by atoms with Gasteiger partial charge in [0.15, 0.2) is 18.1 Å². The van der Waals surface area contributed by atoms with Gasteiger partial charge in [0.2, 0.25) is 0 Å². The lowest BCUT2D eigenvalue weighted by atomic mass is 10.1. The first-order valence-electron chi connectivity index (χ1n) is 10.6. The summed E-state index contributed by atoms with van der Waals surface area (Å²) in [6.07, 6.45) is 0. The summed E-state index contributed by atoms with van der Waals surface area (Å²) in [5.74, 6) is 1.24. The molecule has 1 unspecified atom stereocenters. The fourth-order valence-corrected chi connectivity index (χ4v) is 4.37. The third-order valence-corrected chi connectivity index (χ3v) is 6.56. The highest BCUT2D eigenvalue weighted by Crippen LogP contribution is 2.30. The third kappa shape index (κ3) is 6.20. The van der Waals surface area contributed by atoms with E-state index in [9.17, 15) is 13.2 Å². The molecule has 0 aliphatic heterocycles. The molecule has 0 saturated heterocycles. The fourth-order valence-electron chi connectivity index (χ4n) is 3.24. The van der Waals surface area contributed by atoms with Crippen molar-refractivity contribution in [1.82, 2.24) is 5.32 Å². The summed E-state index contributed by atoms with van der Waals surface area (Å²) >= 11 is 0. The first-order chi connectivity index (χ1) is 16.2. The molecule has 0 aromatic heterocycles. The number of hydrogen-bond donors (Lipinski definition) is 2. The number of hydrogen-bond acceptors (Lipinski definition) is 6. The van der Waals surface area contributed by atoms with Crippen molar-refractivity contribution in [2.75, 3.05) is 25.5 Å². The van der Waals surface area contributed by atoms with Gasteiger partial charge in [-0.1, -0.05) is 24.3 Å². The molecule has 1 amide bonds. The second-order valence-corrected chi connectivity index (χ2v) is 9.27. The highest BCUT2D eigenvalue weighted by atomic mass is 32.2. The van der Waals surface area contributed by atoms with Gasteiger partial charge in [0, 0.05) is 0 Å². The lowest BCUT2D eigenvalue weighted by Crippen LogP contribution is -2.31. The Kier molecular flexibility index (Phi) is 8.01. The quantitative estimate of drug-likeness (QED) is 0.450. The van der Waals surface area contributed by atoms with Gasteiger partial charge in [-0.3, -0.25) is 9.52 Å². The minimum atomic E-state index is -3.75. The van der Waals surface area contributed by atoms with Gasteiger partial charge in [-0.05, 0) is 67.4 Å². The van der Waals surface area contributed by atoms with Crippen LogP contribution in [0.15, 0.2) is 71.6 Å². The number of carbonyl (C=O) groups is 1. The summed E-state index contributed by atoms with van der Waals surface area (Å²) in [6.45, 7) is 3.46. The van der Waals surface area contributed by atoms with Crippen LogP contribution in [0.25, 0.3) is 0 Å². The summed E-state index contributed by atoms with van der Waals surface area (Å²) in [6, 6.07) is 18.1. The topological polar surface area (TPSA) is 103 Å². The molecular formula is C25H28N2O6S. The van der Waals surface area contributed by atoms with Crippen molar-refractivity contribution < 1.29 is 27.4 Å². The Hall–Kier alpha value is -3.72. The average molecular weight is 485 g/mol. The number of benzene rings is 3. The maximum Gasteiger partial charge on any atom is 0.261 e. The van der Waals surface area contributed by atoms with Gasteiger partial charge in [0.25, 0.3) is 15.9 Å². The van der Waals surface area contributed by atoms with Crippen LogP contribution in [0.4, 0.5) is 5.69 Å². The summed E-state index contributed by atoms with van der Waals surface area (Å²) in [5.41, 5.74) is 2.18. The van der Waals surface area contributed by atoms with Crippen LogP contribution in [0.5, 0.6) is 17.2 Å². The van der Waals surface area contributed by atoms with Crippen molar-refractivity contribution in [3.8, 4) is 17.2 Å². The monoisotopic (exact) mass is 484 g/mol. The summed E-state index contributed by atoms with van der Waals surface area (Å²) in [7, 11) is -0.637. The van der Waals surface area contributed by atoms with Gasteiger partial charge < -0.3 is 19.5 Å². The highest BCUT2D eigenvalue weighted by Gasteiger charge is 2.16. The zero-order valence-electron chi connectivity index (χ0n) is 19.5. The number of aryl methyl sites for hydroxylation is 1. The Morgan fingerprint density at radius 1 is 0.941 bits per heavy atom. The van der Waals surface area contributed by atoms with Crippen LogP contribution in [0.2, 0.25) is 0 Å². The van der Waals surface area contributed by atoms with E-state index in [1.54, 1.807) is 38.5 Å². The molecule has 3 rings (SSSR count). The van der Waals surface area contributed by atoms with Gasteiger partial charge in [-0.2, -0.15) is 0 Å². The smallest absolute Gasteiger partial charge is 0.261 e. The van der Waals surface area contributed by atoms with E-state index in [1.807, 2.05) is 32.0 Å². The Labute approximate surface area is 199 Å². The number of methoxy groups -OCH3 is 2. The van der Waals surface area contributed by atoms with Gasteiger partial charge >= 0.3 is 0 Å². The maximum atomic E-state index is 12.6. The van der Waals surface area contributed by atoms with Gasteiger partial charge in [-0.25, -0.2) is 8.42 Å². The molecule has 0 fully saturated rings. The van der Waals surface area contributed by atoms with Gasteiger partial charge in [0.1, 0.15) is 5.75 Å². The molecule has 0 aliphatic carbocycles. The molecule has 0 heterocycles. The minimum absolute atomic E-state index is 0.0922. The van der Waals surface area contributed by atoms with E-state index in [0.717, 1.165) is 11.1 Å². The molecule has 180 valence electrons. The van der Waals surface area contributed by atoms with E-state index in [4.69, 9.17) is 14.2 Å². The lowest BCUT2D eigenvalue weighted by Gasteiger charge is -2.17. The van der Waals surface area contributed by atoms with Gasteiger partial charge in [-0.15, -0.1) is 0 Å². The lowest BCUT2D eigenvalue weighted by molar-refractivity contribution is -0.123. The molecule has 0 spiro atoms. The van der Waals surface area contributed by atoms with Crippen LogP contribution in [0, 0.1) is 6.92 Å². The Morgan fingerprint density at radius 2 is 1.62 bits per heavy atom. The first kappa shape index (κ1) is 24.9. The van der Waals surface area contributed by atoms with Crippen LogP contribution in [0.1, 0.15) is 24.1 Å². The predicted octanol–water partition coefficient (Wildman–Crippen LogP) is 4.07. The molecule has 0 saturated carbocycles. The molecule has 3 aromatic carbocycles. The molecule has 1 atom stereocenters. The highest BCUT2D eigenvalue weighted by molar-refractivity contribution is 7.92. The first-order valence-corrected chi connectivity index (χ1v) is 12.0. The van der Waals surface area contributed by atoms with Crippen LogP contribution < -0.4 is 24.2 Å². The largest absolute Gasteiger partial charge is 0.493 e. The van der Waals surface area contributed by atoms with Crippen LogP contribution in [0.3, 0.4) is 0 Å². The Morgan fingerprint density at radius 3 is 2.26 bits per heavy atom. The second kappa shape index (κ2) is 10.9. The number of ether oxygens (including phenoxy) is 3. The van der Waals surface area contributed by atoms with Crippen LogP contribution >= 0.6 is 0 Å². The number of anilines is 1. The molecule has 0 aliphatic rings. The molecule has 0 radical (unpaired) electrons. The molecule has 0 bridgehead atoms. The third-order valence-electron chi connectivity index (χ3n) is 5.18. The molecule has 3 aromatic rings. The predicted molar refractivity (Wildman–Crippen MR) is 130 cm³/mol. The van der Waals surface area contributed by atoms with E-state index in [2.05, 4.69) is 10.0 Å².